The van der Waals surface area contributed by atoms with Crippen molar-refractivity contribution in [3.8, 4) is 0 Å². The van der Waals surface area contributed by atoms with Gasteiger partial charge in [0, 0.05) is 19.4 Å². The molecule has 0 saturated carbocycles. The van der Waals surface area contributed by atoms with Crippen LogP contribution in [0.5, 0.6) is 0 Å². The number of carbonyl (C=O) groups excluding carboxylic acids is 1. The zero-order chi connectivity index (χ0) is 12.7. The molecule has 0 rings (SSSR count). The molecule has 0 aliphatic heterocycles. The molecule has 4 heteroatoms. The Labute approximate surface area is 97.4 Å². The molecule has 0 spiro atoms. The van der Waals surface area contributed by atoms with Crippen LogP contribution in [0.1, 0.15) is 40.5 Å². The van der Waals surface area contributed by atoms with Gasteiger partial charge in [-0.3, -0.25) is 9.59 Å². The Hall–Kier alpha value is -1.06. The van der Waals surface area contributed by atoms with Crippen LogP contribution in [0.2, 0.25) is 0 Å². The van der Waals surface area contributed by atoms with Crippen molar-refractivity contribution < 1.29 is 14.7 Å². The van der Waals surface area contributed by atoms with Crippen LogP contribution in [0.15, 0.2) is 0 Å². The summed E-state index contributed by atoms with van der Waals surface area (Å²) >= 11 is 0. The Morgan fingerprint density at radius 3 is 2.12 bits per heavy atom. The van der Waals surface area contributed by atoms with Crippen LogP contribution in [0.3, 0.4) is 0 Å². The maximum atomic E-state index is 11.5. The molecule has 0 aromatic carbocycles. The lowest BCUT2D eigenvalue weighted by Gasteiger charge is -2.16. The minimum absolute atomic E-state index is 0.0124. The lowest BCUT2D eigenvalue weighted by atomic mass is 9.94. The molecule has 0 aliphatic rings. The summed E-state index contributed by atoms with van der Waals surface area (Å²) in [6.45, 7) is 8.48. The molecule has 16 heavy (non-hydrogen) atoms. The Kier molecular flexibility index (Phi) is 6.77. The van der Waals surface area contributed by atoms with Crippen LogP contribution >= 0.6 is 0 Å². The number of carboxylic acids is 1. The number of rotatable bonds is 7. The molecule has 0 heterocycles. The number of hydrogen-bond donors (Lipinski definition) is 2. The number of nitrogens with one attached hydrogen (secondary N) is 1. The normalized spacial score (nSPS) is 14.6. The molecule has 0 radical (unpaired) electrons. The first kappa shape index (κ1) is 14.9. The van der Waals surface area contributed by atoms with Crippen molar-refractivity contribution >= 4 is 11.9 Å². The first-order valence-corrected chi connectivity index (χ1v) is 5.81. The first-order chi connectivity index (χ1) is 7.32. The summed E-state index contributed by atoms with van der Waals surface area (Å²) in [5.74, 6) is 0.0171. The second kappa shape index (κ2) is 7.25. The molecule has 2 unspecified atom stereocenters. The van der Waals surface area contributed by atoms with Gasteiger partial charge >= 0.3 is 5.97 Å². The van der Waals surface area contributed by atoms with Gasteiger partial charge in [-0.15, -0.1) is 0 Å². The molecular formula is C12H23NO3. The minimum atomic E-state index is -0.822. The van der Waals surface area contributed by atoms with Crippen molar-refractivity contribution in [1.82, 2.24) is 5.32 Å². The zero-order valence-electron chi connectivity index (χ0n) is 10.6. The summed E-state index contributed by atoms with van der Waals surface area (Å²) in [7, 11) is 0. The fraction of sp³-hybridized carbons (Fsp3) is 0.833. The monoisotopic (exact) mass is 229 g/mol. The maximum Gasteiger partial charge on any atom is 0.303 e. The second-order valence-electron chi connectivity index (χ2n) is 4.93. The number of aliphatic carboxylic acids is 1. The smallest absolute Gasteiger partial charge is 0.303 e. The summed E-state index contributed by atoms with van der Waals surface area (Å²) in [5, 5.41) is 11.3. The van der Waals surface area contributed by atoms with Crippen LogP contribution in [0, 0.1) is 17.8 Å². The Morgan fingerprint density at radius 2 is 1.69 bits per heavy atom. The fourth-order valence-corrected chi connectivity index (χ4v) is 1.26. The third kappa shape index (κ3) is 7.26. The van der Waals surface area contributed by atoms with Crippen molar-refractivity contribution in [1.29, 1.82) is 0 Å². The van der Waals surface area contributed by atoms with Crippen LogP contribution in [0.4, 0.5) is 0 Å². The Balaban J connectivity index is 3.77. The van der Waals surface area contributed by atoms with E-state index in [-0.39, 0.29) is 18.2 Å². The van der Waals surface area contributed by atoms with E-state index in [0.29, 0.717) is 24.8 Å². The van der Waals surface area contributed by atoms with Gasteiger partial charge in [0.1, 0.15) is 0 Å². The maximum absolute atomic E-state index is 11.5. The Bertz CT molecular complexity index is 238. The highest BCUT2D eigenvalue weighted by Gasteiger charge is 2.13. The summed E-state index contributed by atoms with van der Waals surface area (Å²) in [6, 6.07) is 0. The van der Waals surface area contributed by atoms with Gasteiger partial charge in [0.15, 0.2) is 0 Å². The second-order valence-corrected chi connectivity index (χ2v) is 4.93. The lowest BCUT2D eigenvalue weighted by Crippen LogP contribution is -2.30. The van der Waals surface area contributed by atoms with Crippen LogP contribution in [-0.2, 0) is 9.59 Å². The average molecular weight is 229 g/mol. The van der Waals surface area contributed by atoms with E-state index in [0.717, 1.165) is 0 Å². The van der Waals surface area contributed by atoms with E-state index < -0.39 is 5.97 Å². The summed E-state index contributed by atoms with van der Waals surface area (Å²) < 4.78 is 0. The van der Waals surface area contributed by atoms with Gasteiger partial charge in [0.05, 0.1) is 0 Å². The number of carbonyl (C=O) groups is 2. The largest absolute Gasteiger partial charge is 0.481 e. The number of amides is 1. The molecule has 94 valence electrons. The van der Waals surface area contributed by atoms with Crippen LogP contribution in [-0.4, -0.2) is 23.5 Å². The highest BCUT2D eigenvalue weighted by molar-refractivity contribution is 5.76. The van der Waals surface area contributed by atoms with E-state index in [1.807, 2.05) is 13.8 Å². The molecule has 4 nitrogen and oxygen atoms in total. The third-order valence-corrected chi connectivity index (χ3v) is 2.82. The zero-order valence-corrected chi connectivity index (χ0v) is 10.6. The van der Waals surface area contributed by atoms with E-state index in [1.54, 1.807) is 0 Å². The molecule has 0 aliphatic carbocycles. The van der Waals surface area contributed by atoms with Gasteiger partial charge in [0.25, 0.3) is 0 Å². The molecule has 0 fully saturated rings. The van der Waals surface area contributed by atoms with E-state index in [1.165, 1.54) is 0 Å². The van der Waals surface area contributed by atoms with E-state index in [4.69, 9.17) is 5.11 Å². The first-order valence-electron chi connectivity index (χ1n) is 5.81. The van der Waals surface area contributed by atoms with Crippen molar-refractivity contribution in [3.05, 3.63) is 0 Å². The predicted molar refractivity (Wildman–Crippen MR) is 63.0 cm³/mol. The molecule has 2 N–H and O–H groups in total. The van der Waals surface area contributed by atoms with Gasteiger partial charge < -0.3 is 10.4 Å². The van der Waals surface area contributed by atoms with E-state index in [2.05, 4.69) is 19.2 Å². The SMILES string of the molecule is CC(CNC(=O)CC(C)C(C)C)CC(=O)O. The molecule has 0 aromatic heterocycles. The highest BCUT2D eigenvalue weighted by atomic mass is 16.4. The van der Waals surface area contributed by atoms with Crippen molar-refractivity contribution in [3.63, 3.8) is 0 Å². The molecule has 1 amide bonds. The average Bonchev–Trinajstić information content (AvgIpc) is 2.13. The fourth-order valence-electron chi connectivity index (χ4n) is 1.26. The van der Waals surface area contributed by atoms with E-state index in [9.17, 15) is 9.59 Å². The molecular weight excluding hydrogens is 206 g/mol. The molecule has 0 bridgehead atoms. The molecule has 0 aromatic rings. The van der Waals surface area contributed by atoms with Gasteiger partial charge in [-0.25, -0.2) is 0 Å². The summed E-state index contributed by atoms with van der Waals surface area (Å²) in [6.07, 6.45) is 0.609. The van der Waals surface area contributed by atoms with Gasteiger partial charge in [-0.1, -0.05) is 27.7 Å². The highest BCUT2D eigenvalue weighted by Crippen LogP contribution is 2.13. The van der Waals surface area contributed by atoms with Gasteiger partial charge in [0.2, 0.25) is 5.91 Å². The summed E-state index contributed by atoms with van der Waals surface area (Å²) in [5.41, 5.74) is 0. The number of hydrogen-bond acceptors (Lipinski definition) is 2. The standard InChI is InChI=1S/C12H23NO3/c1-8(2)10(4)6-11(14)13-7-9(3)5-12(15)16/h8-10H,5-7H2,1-4H3,(H,13,14)(H,15,16). The van der Waals surface area contributed by atoms with Crippen molar-refractivity contribution in [2.75, 3.05) is 6.54 Å². The summed E-state index contributed by atoms with van der Waals surface area (Å²) in [4.78, 5) is 21.9. The molecule has 2 atom stereocenters. The van der Waals surface area contributed by atoms with Gasteiger partial charge in [-0.2, -0.15) is 0 Å². The molecule has 0 saturated heterocycles. The van der Waals surface area contributed by atoms with Crippen LogP contribution in [0.25, 0.3) is 0 Å². The quantitative estimate of drug-likeness (QED) is 0.700. The third-order valence-electron chi connectivity index (χ3n) is 2.82. The van der Waals surface area contributed by atoms with E-state index >= 15 is 0 Å². The van der Waals surface area contributed by atoms with Crippen molar-refractivity contribution in [2.45, 2.75) is 40.5 Å². The van der Waals surface area contributed by atoms with Gasteiger partial charge in [-0.05, 0) is 17.8 Å². The Morgan fingerprint density at radius 1 is 1.12 bits per heavy atom. The lowest BCUT2D eigenvalue weighted by molar-refractivity contribution is -0.138. The van der Waals surface area contributed by atoms with Crippen molar-refractivity contribution in [2.24, 2.45) is 17.8 Å². The van der Waals surface area contributed by atoms with Crippen LogP contribution < -0.4 is 5.32 Å². The number of carboxylic acid groups (broad SMARTS) is 1. The minimum Gasteiger partial charge on any atom is -0.481 e. The topological polar surface area (TPSA) is 66.4 Å². The predicted octanol–water partition coefficient (Wildman–Crippen LogP) is 1.90.